The van der Waals surface area contributed by atoms with E-state index in [1.165, 1.54) is 44.1 Å². The van der Waals surface area contributed by atoms with Crippen molar-refractivity contribution in [1.82, 2.24) is 0 Å². The lowest BCUT2D eigenvalue weighted by atomic mass is 10.1. The van der Waals surface area contributed by atoms with E-state index in [0.717, 1.165) is 13.0 Å². The Morgan fingerprint density at radius 1 is 1.19 bits per heavy atom. The molecule has 1 aliphatic carbocycles. The zero-order valence-electron chi connectivity index (χ0n) is 10.9. The minimum absolute atomic E-state index is 0.333. The lowest BCUT2D eigenvalue weighted by Gasteiger charge is -2.15. The fourth-order valence-corrected chi connectivity index (χ4v) is 1.95. The number of hydrogen-bond donors (Lipinski definition) is 0. The molecule has 0 N–H and O–H groups in total. The Morgan fingerprint density at radius 3 is 2.62 bits per heavy atom. The standard InChI is InChI=1S/C15H26O/c1-3-4-5-6-7-8-13-16-15-11-9-14(2)10-12-15/h9-11,15H,3-8,12-13H2,1-2H3. The number of ether oxygens (including phenoxy) is 1. The monoisotopic (exact) mass is 222 g/mol. The molecule has 92 valence electrons. The third kappa shape index (κ3) is 6.12. The summed E-state index contributed by atoms with van der Waals surface area (Å²) < 4.78 is 5.81. The van der Waals surface area contributed by atoms with E-state index >= 15 is 0 Å². The van der Waals surface area contributed by atoms with Gasteiger partial charge in [0.15, 0.2) is 0 Å². The SMILES string of the molecule is CCCCCCCCOC1C=CC(C)=CC1. The van der Waals surface area contributed by atoms with Gasteiger partial charge in [0.05, 0.1) is 6.10 Å². The molecular weight excluding hydrogens is 196 g/mol. The highest BCUT2D eigenvalue weighted by molar-refractivity contribution is 5.21. The predicted molar refractivity (Wildman–Crippen MR) is 70.6 cm³/mol. The normalized spacial score (nSPS) is 19.9. The average molecular weight is 222 g/mol. The molecule has 1 atom stereocenters. The van der Waals surface area contributed by atoms with E-state index in [1.54, 1.807) is 0 Å². The highest BCUT2D eigenvalue weighted by atomic mass is 16.5. The molecule has 0 aromatic rings. The van der Waals surface area contributed by atoms with Crippen LogP contribution in [-0.2, 0) is 4.74 Å². The quantitative estimate of drug-likeness (QED) is 0.544. The van der Waals surface area contributed by atoms with Crippen LogP contribution >= 0.6 is 0 Å². The van der Waals surface area contributed by atoms with Gasteiger partial charge in [-0.05, 0) is 19.8 Å². The molecule has 1 rings (SSSR count). The molecule has 1 nitrogen and oxygen atoms in total. The van der Waals surface area contributed by atoms with Crippen LogP contribution in [0.1, 0.15) is 58.8 Å². The minimum Gasteiger partial charge on any atom is -0.374 e. The third-order valence-corrected chi connectivity index (χ3v) is 3.08. The van der Waals surface area contributed by atoms with Gasteiger partial charge in [0, 0.05) is 6.61 Å². The van der Waals surface area contributed by atoms with Crippen LogP contribution in [0.25, 0.3) is 0 Å². The highest BCUT2D eigenvalue weighted by Gasteiger charge is 2.06. The van der Waals surface area contributed by atoms with Crippen LogP contribution < -0.4 is 0 Å². The van der Waals surface area contributed by atoms with Crippen molar-refractivity contribution in [2.45, 2.75) is 64.9 Å². The van der Waals surface area contributed by atoms with Gasteiger partial charge in [-0.2, -0.15) is 0 Å². The summed E-state index contributed by atoms with van der Waals surface area (Å²) in [5.74, 6) is 0. The molecule has 0 radical (unpaired) electrons. The van der Waals surface area contributed by atoms with Gasteiger partial charge in [0.25, 0.3) is 0 Å². The Bertz CT molecular complexity index is 228. The molecule has 0 fully saturated rings. The lowest BCUT2D eigenvalue weighted by molar-refractivity contribution is 0.0829. The predicted octanol–water partition coefficient (Wildman–Crippen LogP) is 4.64. The zero-order chi connectivity index (χ0) is 11.6. The van der Waals surface area contributed by atoms with Crippen molar-refractivity contribution in [3.63, 3.8) is 0 Å². The molecule has 0 heterocycles. The topological polar surface area (TPSA) is 9.23 Å². The van der Waals surface area contributed by atoms with Gasteiger partial charge in [-0.3, -0.25) is 0 Å². The average Bonchev–Trinajstić information content (AvgIpc) is 2.30. The molecule has 0 aromatic heterocycles. The molecule has 1 heteroatoms. The summed E-state index contributed by atoms with van der Waals surface area (Å²) in [6.07, 6.45) is 16.0. The van der Waals surface area contributed by atoms with Crippen molar-refractivity contribution >= 4 is 0 Å². The number of unbranched alkanes of at least 4 members (excludes halogenated alkanes) is 5. The van der Waals surface area contributed by atoms with Crippen LogP contribution in [0.3, 0.4) is 0 Å². The van der Waals surface area contributed by atoms with E-state index in [1.807, 2.05) is 0 Å². The molecule has 0 bridgehead atoms. The van der Waals surface area contributed by atoms with Crippen molar-refractivity contribution in [3.05, 3.63) is 23.8 Å². The Kier molecular flexibility index (Phi) is 7.24. The van der Waals surface area contributed by atoms with Crippen molar-refractivity contribution in [3.8, 4) is 0 Å². The Labute approximate surface area is 101 Å². The van der Waals surface area contributed by atoms with E-state index in [2.05, 4.69) is 32.1 Å². The van der Waals surface area contributed by atoms with Gasteiger partial charge in [0.1, 0.15) is 0 Å². The van der Waals surface area contributed by atoms with Crippen molar-refractivity contribution < 1.29 is 4.74 Å². The second-order valence-electron chi connectivity index (χ2n) is 4.72. The van der Waals surface area contributed by atoms with Crippen LogP contribution in [-0.4, -0.2) is 12.7 Å². The second kappa shape index (κ2) is 8.58. The third-order valence-electron chi connectivity index (χ3n) is 3.08. The molecular formula is C15H26O. The first-order valence-electron chi connectivity index (χ1n) is 6.79. The van der Waals surface area contributed by atoms with Gasteiger partial charge < -0.3 is 4.74 Å². The van der Waals surface area contributed by atoms with Gasteiger partial charge in [-0.15, -0.1) is 0 Å². The summed E-state index contributed by atoms with van der Waals surface area (Å²) in [6, 6.07) is 0. The maximum absolute atomic E-state index is 5.81. The van der Waals surface area contributed by atoms with Crippen LogP contribution in [0.4, 0.5) is 0 Å². The fourth-order valence-electron chi connectivity index (χ4n) is 1.95. The van der Waals surface area contributed by atoms with E-state index in [4.69, 9.17) is 4.74 Å². The zero-order valence-corrected chi connectivity index (χ0v) is 10.9. The summed E-state index contributed by atoms with van der Waals surface area (Å²) in [7, 11) is 0. The minimum atomic E-state index is 0.333. The summed E-state index contributed by atoms with van der Waals surface area (Å²) in [4.78, 5) is 0. The molecule has 0 saturated carbocycles. The van der Waals surface area contributed by atoms with Crippen molar-refractivity contribution in [2.75, 3.05) is 6.61 Å². The first-order valence-corrected chi connectivity index (χ1v) is 6.79. The molecule has 1 unspecified atom stereocenters. The molecule has 0 spiro atoms. The van der Waals surface area contributed by atoms with Crippen molar-refractivity contribution in [2.24, 2.45) is 0 Å². The van der Waals surface area contributed by atoms with Gasteiger partial charge in [0.2, 0.25) is 0 Å². The largest absolute Gasteiger partial charge is 0.374 e. The first kappa shape index (κ1) is 13.5. The van der Waals surface area contributed by atoms with Crippen LogP contribution in [0.5, 0.6) is 0 Å². The van der Waals surface area contributed by atoms with Gasteiger partial charge in [-0.25, -0.2) is 0 Å². The summed E-state index contributed by atoms with van der Waals surface area (Å²) in [5.41, 5.74) is 1.36. The Hall–Kier alpha value is -0.560. The van der Waals surface area contributed by atoms with E-state index in [0.29, 0.717) is 6.10 Å². The second-order valence-corrected chi connectivity index (χ2v) is 4.72. The summed E-state index contributed by atoms with van der Waals surface area (Å²) >= 11 is 0. The number of hydrogen-bond acceptors (Lipinski definition) is 1. The first-order chi connectivity index (χ1) is 7.83. The lowest BCUT2D eigenvalue weighted by Crippen LogP contribution is -2.12. The highest BCUT2D eigenvalue weighted by Crippen LogP contribution is 2.13. The Morgan fingerprint density at radius 2 is 1.94 bits per heavy atom. The Balaban J connectivity index is 1.90. The van der Waals surface area contributed by atoms with E-state index in [-0.39, 0.29) is 0 Å². The van der Waals surface area contributed by atoms with Crippen LogP contribution in [0.2, 0.25) is 0 Å². The molecule has 16 heavy (non-hydrogen) atoms. The summed E-state index contributed by atoms with van der Waals surface area (Å²) in [6.45, 7) is 5.32. The molecule has 0 aliphatic heterocycles. The smallest absolute Gasteiger partial charge is 0.0793 e. The molecule has 0 aromatic carbocycles. The van der Waals surface area contributed by atoms with Crippen LogP contribution in [0.15, 0.2) is 23.8 Å². The molecule has 1 aliphatic rings. The maximum Gasteiger partial charge on any atom is 0.0793 e. The molecule has 0 amide bonds. The molecule has 0 saturated heterocycles. The number of allylic oxidation sites excluding steroid dienone is 2. The van der Waals surface area contributed by atoms with E-state index < -0.39 is 0 Å². The van der Waals surface area contributed by atoms with Crippen molar-refractivity contribution in [1.29, 1.82) is 0 Å². The van der Waals surface area contributed by atoms with Crippen LogP contribution in [0, 0.1) is 0 Å². The summed E-state index contributed by atoms with van der Waals surface area (Å²) in [5, 5.41) is 0. The van der Waals surface area contributed by atoms with E-state index in [9.17, 15) is 0 Å². The van der Waals surface area contributed by atoms with Gasteiger partial charge >= 0.3 is 0 Å². The number of rotatable bonds is 8. The fraction of sp³-hybridized carbons (Fsp3) is 0.733. The van der Waals surface area contributed by atoms with Gasteiger partial charge in [-0.1, -0.05) is 62.8 Å². The maximum atomic E-state index is 5.81.